The molecule has 0 radical (unpaired) electrons. The van der Waals surface area contributed by atoms with E-state index in [1.165, 1.54) is 6.92 Å². The Bertz CT molecular complexity index is 861. The lowest BCUT2D eigenvalue weighted by Crippen LogP contribution is -2.67. The van der Waals surface area contributed by atoms with E-state index in [2.05, 4.69) is 0 Å². The molecule has 8 atom stereocenters. The molecule has 0 bridgehead atoms. The third-order valence-corrected chi connectivity index (χ3v) is 6.36. The van der Waals surface area contributed by atoms with Crippen molar-refractivity contribution in [1.29, 1.82) is 0 Å². The first-order valence-electron chi connectivity index (χ1n) is 10.6. The fourth-order valence-corrected chi connectivity index (χ4v) is 4.74. The number of ether oxygens (including phenoxy) is 7. The van der Waals surface area contributed by atoms with Gasteiger partial charge in [0.2, 0.25) is 12.7 Å². The predicted octanol–water partition coefficient (Wildman–Crippen LogP) is -0.297. The number of fused-ring (bicyclic) bond motifs is 3. The molecule has 0 amide bonds. The Kier molecular flexibility index (Phi) is 5.74. The van der Waals surface area contributed by atoms with E-state index >= 15 is 0 Å². The molecule has 0 spiro atoms. The van der Waals surface area contributed by atoms with Gasteiger partial charge in [0, 0.05) is 12.8 Å². The monoisotopic (exact) mass is 453 g/mol. The van der Waals surface area contributed by atoms with Gasteiger partial charge in [0.1, 0.15) is 24.4 Å². The van der Waals surface area contributed by atoms with Crippen LogP contribution in [0.15, 0.2) is 12.1 Å². The average Bonchev–Trinajstić information content (AvgIpc) is 3.23. The first-order valence-corrected chi connectivity index (χ1v) is 10.6. The number of benzene rings is 1. The first kappa shape index (κ1) is 21.8. The molecule has 11 heteroatoms. The van der Waals surface area contributed by atoms with Crippen LogP contribution in [0.2, 0.25) is 0 Å². The topological polar surface area (TPSA) is 148 Å². The zero-order valence-electron chi connectivity index (χ0n) is 17.5. The summed E-state index contributed by atoms with van der Waals surface area (Å²) in [6.07, 6.45) is -4.57. The summed E-state index contributed by atoms with van der Waals surface area (Å²) in [6.45, 7) is 2.26. The van der Waals surface area contributed by atoms with Crippen LogP contribution in [0.5, 0.6) is 11.5 Å². The van der Waals surface area contributed by atoms with Gasteiger partial charge in [-0.15, -0.1) is 0 Å². The van der Waals surface area contributed by atoms with Gasteiger partial charge in [-0.1, -0.05) is 0 Å². The number of aliphatic hydroxyl groups is 2. The minimum Gasteiger partial charge on any atom is -0.467 e. The molecule has 4 N–H and O–H groups in total. The number of aryl methyl sites for hydroxylation is 1. The van der Waals surface area contributed by atoms with Gasteiger partial charge in [0.05, 0.1) is 19.3 Å². The number of nitrogens with two attached hydrogens (primary N) is 1. The van der Waals surface area contributed by atoms with Gasteiger partial charge in [-0.3, -0.25) is 10.5 Å². The molecule has 1 aliphatic carbocycles. The number of carbonyl (C=O) groups excluding carboxylic acids is 1. The Morgan fingerprint density at radius 3 is 2.81 bits per heavy atom. The van der Waals surface area contributed by atoms with Crippen molar-refractivity contribution in [3.8, 4) is 11.5 Å². The third kappa shape index (κ3) is 3.94. The van der Waals surface area contributed by atoms with Gasteiger partial charge >= 0.3 is 0 Å². The summed E-state index contributed by atoms with van der Waals surface area (Å²) in [6, 6.07) is 3.76. The van der Waals surface area contributed by atoms with Crippen molar-refractivity contribution in [2.75, 3.05) is 20.0 Å². The largest absolute Gasteiger partial charge is 0.467 e. The highest BCUT2D eigenvalue weighted by Crippen LogP contribution is 2.45. The lowest BCUT2D eigenvalue weighted by molar-refractivity contribution is -0.391. The highest BCUT2D eigenvalue weighted by Gasteiger charge is 2.52. The third-order valence-electron chi connectivity index (χ3n) is 6.36. The van der Waals surface area contributed by atoms with Crippen LogP contribution >= 0.6 is 0 Å². The number of hydrogen-bond acceptors (Lipinski definition) is 11. The van der Waals surface area contributed by atoms with E-state index in [0.29, 0.717) is 24.4 Å². The number of hydrogen-bond donors (Lipinski definition) is 3. The fourth-order valence-electron chi connectivity index (χ4n) is 4.74. The van der Waals surface area contributed by atoms with Crippen LogP contribution in [0.1, 0.15) is 30.6 Å². The average molecular weight is 453 g/mol. The lowest BCUT2D eigenvalue weighted by atomic mass is 9.81. The van der Waals surface area contributed by atoms with Gasteiger partial charge in [-0.25, -0.2) is 0 Å². The molecule has 0 aromatic heterocycles. The molecule has 3 aliphatic heterocycles. The van der Waals surface area contributed by atoms with Crippen molar-refractivity contribution in [3.63, 3.8) is 0 Å². The summed E-state index contributed by atoms with van der Waals surface area (Å²) in [5, 5.41) is 21.4. The smallest absolute Gasteiger partial charge is 0.293 e. The zero-order valence-corrected chi connectivity index (χ0v) is 17.5. The molecule has 32 heavy (non-hydrogen) atoms. The van der Waals surface area contributed by atoms with Crippen molar-refractivity contribution in [3.05, 3.63) is 23.3 Å². The molecule has 5 rings (SSSR count). The van der Waals surface area contributed by atoms with Crippen molar-refractivity contribution in [1.82, 2.24) is 0 Å². The van der Waals surface area contributed by atoms with Crippen LogP contribution in [-0.2, 0) is 34.9 Å². The van der Waals surface area contributed by atoms with Gasteiger partial charge in [-0.05, 0) is 36.1 Å². The van der Waals surface area contributed by atoms with Crippen LogP contribution in [0.3, 0.4) is 0 Å². The van der Waals surface area contributed by atoms with E-state index in [1.807, 2.05) is 12.1 Å². The van der Waals surface area contributed by atoms with Gasteiger partial charge in [-0.2, -0.15) is 0 Å². The van der Waals surface area contributed by atoms with E-state index in [1.54, 1.807) is 0 Å². The Hall–Kier alpha value is -1.99. The van der Waals surface area contributed by atoms with Crippen LogP contribution in [0, 0.1) is 5.92 Å². The summed E-state index contributed by atoms with van der Waals surface area (Å²) in [7, 11) is 0. The zero-order chi connectivity index (χ0) is 22.5. The molecule has 3 heterocycles. The molecular weight excluding hydrogens is 426 g/mol. The normalized spacial score (nSPS) is 40.3. The van der Waals surface area contributed by atoms with Crippen LogP contribution in [0.25, 0.3) is 0 Å². The molecule has 1 aromatic carbocycles. The van der Waals surface area contributed by atoms with E-state index in [-0.39, 0.29) is 25.9 Å². The Morgan fingerprint density at radius 1 is 1.25 bits per heavy atom. The summed E-state index contributed by atoms with van der Waals surface area (Å²) < 4.78 is 39.2. The maximum absolute atomic E-state index is 10.8. The Balaban J connectivity index is 1.40. The van der Waals surface area contributed by atoms with Gasteiger partial charge in [0.25, 0.3) is 6.47 Å². The van der Waals surface area contributed by atoms with Crippen LogP contribution in [-0.4, -0.2) is 73.3 Å². The Morgan fingerprint density at radius 2 is 2.03 bits per heavy atom. The van der Waals surface area contributed by atoms with E-state index < -0.39 is 42.7 Å². The molecule has 11 nitrogen and oxygen atoms in total. The molecule has 4 aliphatic rings. The molecule has 0 saturated carbocycles. The molecule has 2 fully saturated rings. The molecule has 1 aromatic rings. The quantitative estimate of drug-likeness (QED) is 0.505. The van der Waals surface area contributed by atoms with E-state index in [0.717, 1.165) is 17.5 Å². The Labute approximate surface area is 184 Å². The maximum Gasteiger partial charge on any atom is 0.293 e. The second-order valence-corrected chi connectivity index (χ2v) is 8.62. The molecule has 176 valence electrons. The standard InChI is InChI=1S/C21H27NO10/c1-21(22)29-7-15-19(32-21)16(24)17(25)20(30-15)31-18-11(6-26-8-23)3-2-10-4-13-14(5-12(10)18)28-9-27-13/h4-5,8,11,15-20,24-25H,2-3,6-7,9,22H2,1H3. The molecule has 2 saturated heterocycles. The van der Waals surface area contributed by atoms with E-state index in [9.17, 15) is 15.0 Å². The fraction of sp³-hybridized carbons (Fsp3) is 0.667. The van der Waals surface area contributed by atoms with Crippen molar-refractivity contribution in [2.45, 2.75) is 62.5 Å². The van der Waals surface area contributed by atoms with Crippen molar-refractivity contribution >= 4 is 6.47 Å². The second kappa shape index (κ2) is 8.41. The highest BCUT2D eigenvalue weighted by molar-refractivity contribution is 5.50. The van der Waals surface area contributed by atoms with E-state index in [4.69, 9.17) is 38.9 Å². The second-order valence-electron chi connectivity index (χ2n) is 8.62. The minimum atomic E-state index is -1.39. The van der Waals surface area contributed by atoms with Crippen molar-refractivity contribution in [2.24, 2.45) is 11.7 Å². The number of rotatable bonds is 5. The van der Waals surface area contributed by atoms with Crippen LogP contribution < -0.4 is 15.2 Å². The van der Waals surface area contributed by atoms with Gasteiger partial charge in [0.15, 0.2) is 17.8 Å². The first-order chi connectivity index (χ1) is 15.4. The summed E-state index contributed by atoms with van der Waals surface area (Å²) in [5.41, 5.74) is 7.69. The highest BCUT2D eigenvalue weighted by atomic mass is 16.8. The number of aliphatic hydroxyl groups excluding tert-OH is 2. The van der Waals surface area contributed by atoms with Crippen LogP contribution in [0.4, 0.5) is 0 Å². The summed E-state index contributed by atoms with van der Waals surface area (Å²) in [5.74, 6) is -0.319. The summed E-state index contributed by atoms with van der Waals surface area (Å²) in [4.78, 5) is 10.8. The van der Waals surface area contributed by atoms with Gasteiger partial charge < -0.3 is 43.4 Å². The minimum absolute atomic E-state index is 0.0684. The lowest BCUT2D eigenvalue weighted by Gasteiger charge is -2.49. The number of carbonyl (C=O) groups is 1. The molecule has 8 unspecified atom stereocenters. The van der Waals surface area contributed by atoms with Crippen molar-refractivity contribution < 1.29 is 48.2 Å². The summed E-state index contributed by atoms with van der Waals surface area (Å²) >= 11 is 0. The molecular formula is C21H27NO10. The predicted molar refractivity (Wildman–Crippen MR) is 104 cm³/mol. The SMILES string of the molecule is CC1(N)OCC2OC(OC3c4cc5c(cc4CCC3COC=O)OCO5)C(O)C(O)C2O1. The maximum atomic E-state index is 10.8.